The van der Waals surface area contributed by atoms with Crippen molar-refractivity contribution in [2.75, 3.05) is 7.11 Å². The van der Waals surface area contributed by atoms with E-state index in [-0.39, 0.29) is 5.82 Å². The Hall–Kier alpha value is -0.220. The van der Waals surface area contributed by atoms with Crippen LogP contribution in [0.5, 0.6) is 5.75 Å². The number of halogens is 2. The van der Waals surface area contributed by atoms with Gasteiger partial charge in [0.15, 0.2) is 0 Å². The van der Waals surface area contributed by atoms with Crippen molar-refractivity contribution in [2.24, 2.45) is 0 Å². The van der Waals surface area contributed by atoms with E-state index in [1.165, 1.54) is 19.2 Å². The lowest BCUT2D eigenvalue weighted by Gasteiger charge is -2.03. The molecule has 0 heterocycles. The van der Waals surface area contributed by atoms with Gasteiger partial charge in [-0.25, -0.2) is 4.39 Å². The van der Waals surface area contributed by atoms with Gasteiger partial charge in [0.1, 0.15) is 11.6 Å². The largest absolute Gasteiger partial charge is 0.496 e. The normalized spacial score (nSPS) is 9.82. The zero-order valence-electron chi connectivity index (χ0n) is 5.77. The Kier molecular flexibility index (Phi) is 2.78. The molecule has 4 heteroatoms. The first kappa shape index (κ1) is 8.87. The second-order valence-corrected chi connectivity index (χ2v) is 3.27. The average Bonchev–Trinajstić information content (AvgIpc) is 1.97. The van der Waals surface area contributed by atoms with Crippen LogP contribution in [0, 0.1) is 5.82 Å². The van der Waals surface area contributed by atoms with Crippen LogP contribution in [0.25, 0.3) is 0 Å². The Labute approximate surface area is 78.1 Å². The molecule has 1 rings (SSSR count). The van der Waals surface area contributed by atoms with E-state index in [2.05, 4.69) is 28.6 Å². The maximum Gasteiger partial charge on any atom is 0.138 e. The molecule has 0 fully saturated rings. The van der Waals surface area contributed by atoms with Crippen LogP contribution in [0.2, 0.25) is 0 Å². The molecule has 0 spiro atoms. The van der Waals surface area contributed by atoms with E-state index >= 15 is 0 Å². The highest BCUT2D eigenvalue weighted by Gasteiger charge is 2.04. The van der Waals surface area contributed by atoms with E-state index in [1.54, 1.807) is 0 Å². The second-order valence-electron chi connectivity index (χ2n) is 1.94. The first-order valence-electron chi connectivity index (χ1n) is 2.87. The van der Waals surface area contributed by atoms with Crippen LogP contribution >= 0.6 is 28.6 Å². The van der Waals surface area contributed by atoms with E-state index < -0.39 is 0 Å². The summed E-state index contributed by atoms with van der Waals surface area (Å²) >= 11 is 7.04. The van der Waals surface area contributed by atoms with Gasteiger partial charge in [0, 0.05) is 4.90 Å². The minimum Gasteiger partial charge on any atom is -0.496 e. The maximum absolute atomic E-state index is 12.7. The smallest absolute Gasteiger partial charge is 0.138 e. The van der Waals surface area contributed by atoms with Crippen LogP contribution in [-0.4, -0.2) is 7.11 Å². The summed E-state index contributed by atoms with van der Waals surface area (Å²) in [4.78, 5) is 0.494. The van der Waals surface area contributed by atoms with Gasteiger partial charge in [-0.3, -0.25) is 0 Å². The monoisotopic (exact) mass is 236 g/mol. The van der Waals surface area contributed by atoms with Gasteiger partial charge in [0.2, 0.25) is 0 Å². The van der Waals surface area contributed by atoms with Crippen molar-refractivity contribution in [2.45, 2.75) is 4.90 Å². The molecule has 1 aromatic rings. The lowest BCUT2D eigenvalue weighted by molar-refractivity contribution is 0.403. The Balaban J connectivity index is 3.21. The van der Waals surface area contributed by atoms with Crippen LogP contribution in [0.3, 0.4) is 0 Å². The standard InChI is InChI=1S/C7H6BrFOS/c1-10-6-2-4(8)5(9)3-7(6)11/h2-3,11H,1H3. The molecule has 0 atom stereocenters. The van der Waals surface area contributed by atoms with Gasteiger partial charge >= 0.3 is 0 Å². The quantitative estimate of drug-likeness (QED) is 0.739. The number of rotatable bonds is 1. The minimum absolute atomic E-state index is 0.337. The summed E-state index contributed by atoms with van der Waals surface area (Å²) in [6.45, 7) is 0. The summed E-state index contributed by atoms with van der Waals surface area (Å²) in [7, 11) is 1.51. The maximum atomic E-state index is 12.7. The number of ether oxygens (including phenoxy) is 1. The fourth-order valence-corrected chi connectivity index (χ4v) is 1.27. The Morgan fingerprint density at radius 2 is 2.18 bits per heavy atom. The van der Waals surface area contributed by atoms with E-state index in [0.717, 1.165) is 0 Å². The molecular weight excluding hydrogens is 231 g/mol. The molecule has 0 amide bonds. The number of methoxy groups -OCH3 is 1. The molecule has 11 heavy (non-hydrogen) atoms. The van der Waals surface area contributed by atoms with Crippen molar-refractivity contribution in [3.63, 3.8) is 0 Å². The average molecular weight is 237 g/mol. The van der Waals surface area contributed by atoms with Crippen molar-refractivity contribution in [3.05, 3.63) is 22.4 Å². The van der Waals surface area contributed by atoms with Gasteiger partial charge in [-0.2, -0.15) is 0 Å². The Bertz CT molecular complexity index is 277. The fraction of sp³-hybridized carbons (Fsp3) is 0.143. The van der Waals surface area contributed by atoms with Gasteiger partial charge in [-0.05, 0) is 28.1 Å². The highest BCUT2D eigenvalue weighted by Crippen LogP contribution is 2.28. The predicted octanol–water partition coefficient (Wildman–Crippen LogP) is 2.89. The van der Waals surface area contributed by atoms with Crippen LogP contribution in [0.4, 0.5) is 4.39 Å². The SMILES string of the molecule is COc1cc(Br)c(F)cc1S. The van der Waals surface area contributed by atoms with E-state index in [0.29, 0.717) is 15.1 Å². The molecular formula is C7H6BrFOS. The van der Waals surface area contributed by atoms with Gasteiger partial charge in [0.25, 0.3) is 0 Å². The minimum atomic E-state index is -0.337. The molecule has 1 nitrogen and oxygen atoms in total. The fourth-order valence-electron chi connectivity index (χ4n) is 0.682. The topological polar surface area (TPSA) is 9.23 Å². The van der Waals surface area contributed by atoms with Crippen molar-refractivity contribution in [1.29, 1.82) is 0 Å². The zero-order chi connectivity index (χ0) is 8.43. The zero-order valence-corrected chi connectivity index (χ0v) is 8.25. The lowest BCUT2D eigenvalue weighted by Crippen LogP contribution is -1.86. The van der Waals surface area contributed by atoms with Gasteiger partial charge < -0.3 is 4.74 Å². The van der Waals surface area contributed by atoms with Crippen LogP contribution < -0.4 is 4.74 Å². The first-order chi connectivity index (χ1) is 5.15. The second kappa shape index (κ2) is 3.45. The third kappa shape index (κ3) is 1.87. The third-order valence-corrected chi connectivity index (χ3v) is 2.18. The molecule has 0 saturated carbocycles. The molecule has 0 bridgehead atoms. The summed E-state index contributed by atoms with van der Waals surface area (Å²) in [6, 6.07) is 2.84. The summed E-state index contributed by atoms with van der Waals surface area (Å²) in [6.07, 6.45) is 0. The molecule has 0 aliphatic rings. The summed E-state index contributed by atoms with van der Waals surface area (Å²) in [5.74, 6) is 0.220. The third-order valence-electron chi connectivity index (χ3n) is 1.22. The molecule has 0 aliphatic heterocycles. The predicted molar refractivity (Wildman–Crippen MR) is 47.9 cm³/mol. The van der Waals surface area contributed by atoms with Crippen LogP contribution in [-0.2, 0) is 0 Å². The van der Waals surface area contributed by atoms with Gasteiger partial charge in [-0.1, -0.05) is 0 Å². The molecule has 0 aromatic heterocycles. The van der Waals surface area contributed by atoms with Crippen molar-refractivity contribution >= 4 is 28.6 Å². The van der Waals surface area contributed by atoms with Crippen molar-refractivity contribution in [1.82, 2.24) is 0 Å². The molecule has 0 aliphatic carbocycles. The first-order valence-corrected chi connectivity index (χ1v) is 4.11. The summed E-state index contributed by atoms with van der Waals surface area (Å²) in [5.41, 5.74) is 0. The highest BCUT2D eigenvalue weighted by molar-refractivity contribution is 9.10. The van der Waals surface area contributed by atoms with E-state index in [4.69, 9.17) is 4.74 Å². The number of hydrogen-bond acceptors (Lipinski definition) is 2. The van der Waals surface area contributed by atoms with Crippen LogP contribution in [0.1, 0.15) is 0 Å². The molecule has 60 valence electrons. The van der Waals surface area contributed by atoms with E-state index in [9.17, 15) is 4.39 Å². The summed E-state index contributed by atoms with van der Waals surface area (Å²) < 4.78 is 18.0. The molecule has 0 unspecified atom stereocenters. The van der Waals surface area contributed by atoms with E-state index in [1.807, 2.05) is 0 Å². The highest BCUT2D eigenvalue weighted by atomic mass is 79.9. The molecule has 0 saturated heterocycles. The summed E-state index contributed by atoms with van der Waals surface area (Å²) in [5, 5.41) is 0. The van der Waals surface area contributed by atoms with Crippen LogP contribution in [0.15, 0.2) is 21.5 Å². The Morgan fingerprint density at radius 3 is 2.73 bits per heavy atom. The Morgan fingerprint density at radius 1 is 1.55 bits per heavy atom. The molecule has 1 aromatic carbocycles. The molecule has 0 N–H and O–H groups in total. The number of hydrogen-bond donors (Lipinski definition) is 1. The number of benzene rings is 1. The lowest BCUT2D eigenvalue weighted by atomic mass is 10.3. The molecule has 0 radical (unpaired) electrons. The van der Waals surface area contributed by atoms with Crippen molar-refractivity contribution in [3.8, 4) is 5.75 Å². The number of thiol groups is 1. The van der Waals surface area contributed by atoms with Crippen molar-refractivity contribution < 1.29 is 9.13 Å². The van der Waals surface area contributed by atoms with Gasteiger partial charge in [-0.15, -0.1) is 12.6 Å². The van der Waals surface area contributed by atoms with Gasteiger partial charge in [0.05, 0.1) is 11.6 Å².